The van der Waals surface area contributed by atoms with Gasteiger partial charge in [0.2, 0.25) is 0 Å². The Morgan fingerprint density at radius 2 is 2.30 bits per heavy atom. The van der Waals surface area contributed by atoms with Crippen molar-refractivity contribution in [1.29, 1.82) is 0 Å². The summed E-state index contributed by atoms with van der Waals surface area (Å²) in [7, 11) is 0. The van der Waals surface area contributed by atoms with Crippen LogP contribution < -0.4 is 16.6 Å². The summed E-state index contributed by atoms with van der Waals surface area (Å²) >= 11 is 1.43. The van der Waals surface area contributed by atoms with E-state index in [-0.39, 0.29) is 22.8 Å². The number of hydrogen-bond acceptors (Lipinski definition) is 7. The van der Waals surface area contributed by atoms with E-state index < -0.39 is 4.92 Å². The van der Waals surface area contributed by atoms with E-state index in [0.29, 0.717) is 6.54 Å². The van der Waals surface area contributed by atoms with Gasteiger partial charge in [-0.05, 0) is 12.1 Å². The van der Waals surface area contributed by atoms with Crippen LogP contribution in [0.25, 0.3) is 0 Å². The lowest BCUT2D eigenvalue weighted by Crippen LogP contribution is -2.22. The van der Waals surface area contributed by atoms with Gasteiger partial charge in [0.25, 0.3) is 11.6 Å². The van der Waals surface area contributed by atoms with Crippen molar-refractivity contribution in [3.63, 3.8) is 0 Å². The molecule has 0 saturated carbocycles. The van der Waals surface area contributed by atoms with Crippen molar-refractivity contribution in [2.45, 2.75) is 6.54 Å². The van der Waals surface area contributed by atoms with Gasteiger partial charge in [0.1, 0.15) is 5.69 Å². The molecular formula is C11H11N5O3S. The third-order valence-electron chi connectivity index (χ3n) is 2.52. The van der Waals surface area contributed by atoms with Crippen LogP contribution in [0.15, 0.2) is 29.9 Å². The van der Waals surface area contributed by atoms with Crippen molar-refractivity contribution in [2.75, 3.05) is 5.43 Å². The number of rotatable bonds is 5. The highest BCUT2D eigenvalue weighted by Crippen LogP contribution is 2.24. The first-order valence-electron chi connectivity index (χ1n) is 5.52. The Kier molecular flexibility index (Phi) is 4.23. The van der Waals surface area contributed by atoms with Crippen LogP contribution >= 0.6 is 11.3 Å². The third-order valence-corrected chi connectivity index (χ3v) is 3.30. The number of amides is 1. The highest BCUT2D eigenvalue weighted by molar-refractivity contribution is 7.09. The van der Waals surface area contributed by atoms with Gasteiger partial charge < -0.3 is 10.7 Å². The molecule has 0 fully saturated rings. The quantitative estimate of drug-likeness (QED) is 0.433. The number of anilines is 1. The van der Waals surface area contributed by atoms with Crippen molar-refractivity contribution in [2.24, 2.45) is 5.84 Å². The molecule has 1 heterocycles. The maximum absolute atomic E-state index is 11.9. The van der Waals surface area contributed by atoms with Gasteiger partial charge in [-0.2, -0.15) is 0 Å². The van der Waals surface area contributed by atoms with Crippen LogP contribution in [0, 0.1) is 10.1 Å². The second-order valence-electron chi connectivity index (χ2n) is 3.78. The number of nitrogens with one attached hydrogen (secondary N) is 2. The summed E-state index contributed by atoms with van der Waals surface area (Å²) in [6.45, 7) is 0.353. The van der Waals surface area contributed by atoms with E-state index in [0.717, 1.165) is 4.88 Å². The molecule has 0 aliphatic carbocycles. The Hall–Kier alpha value is -2.52. The van der Waals surface area contributed by atoms with Crippen LogP contribution in [0.4, 0.5) is 11.4 Å². The second-order valence-corrected chi connectivity index (χ2v) is 4.75. The maximum atomic E-state index is 11.9. The van der Waals surface area contributed by atoms with E-state index in [9.17, 15) is 14.9 Å². The number of hydrazine groups is 1. The van der Waals surface area contributed by atoms with Crippen LogP contribution in [0.1, 0.15) is 15.2 Å². The molecule has 1 aromatic heterocycles. The Labute approximate surface area is 117 Å². The number of benzene rings is 1. The summed E-state index contributed by atoms with van der Waals surface area (Å²) in [6.07, 6.45) is 1.66. The number of aromatic nitrogens is 1. The fourth-order valence-electron chi connectivity index (χ4n) is 1.55. The van der Waals surface area contributed by atoms with Gasteiger partial charge in [-0.1, -0.05) is 0 Å². The Bertz CT molecular complexity index is 629. The molecule has 0 spiro atoms. The monoisotopic (exact) mass is 293 g/mol. The van der Waals surface area contributed by atoms with Crippen LogP contribution in [0.2, 0.25) is 0 Å². The molecule has 2 aromatic rings. The molecule has 0 radical (unpaired) electrons. The lowest BCUT2D eigenvalue weighted by Gasteiger charge is -2.06. The molecule has 9 heteroatoms. The molecule has 104 valence electrons. The number of nitrogen functional groups attached to an aromatic ring is 1. The molecule has 0 unspecified atom stereocenters. The number of nitro groups is 1. The zero-order chi connectivity index (χ0) is 14.5. The minimum atomic E-state index is -0.575. The summed E-state index contributed by atoms with van der Waals surface area (Å²) < 4.78 is 0. The number of carbonyl (C=O) groups excluding carboxylic acids is 1. The van der Waals surface area contributed by atoms with Gasteiger partial charge in [0, 0.05) is 22.7 Å². The summed E-state index contributed by atoms with van der Waals surface area (Å²) in [4.78, 5) is 26.9. The van der Waals surface area contributed by atoms with Gasteiger partial charge >= 0.3 is 0 Å². The minimum absolute atomic E-state index is 0.0837. The molecule has 0 bridgehead atoms. The average molecular weight is 293 g/mol. The summed E-state index contributed by atoms with van der Waals surface area (Å²) in [5.41, 5.74) is 4.06. The molecule has 20 heavy (non-hydrogen) atoms. The maximum Gasteiger partial charge on any atom is 0.293 e. The molecular weight excluding hydrogens is 282 g/mol. The summed E-state index contributed by atoms with van der Waals surface area (Å²) in [5.74, 6) is 4.87. The molecule has 8 nitrogen and oxygen atoms in total. The van der Waals surface area contributed by atoms with Crippen LogP contribution in [-0.2, 0) is 6.54 Å². The van der Waals surface area contributed by atoms with Crippen molar-refractivity contribution in [3.05, 3.63) is 50.5 Å². The number of carbonyl (C=O) groups is 1. The predicted octanol–water partition coefficient (Wildman–Crippen LogP) is 1.27. The highest BCUT2D eigenvalue weighted by Gasteiger charge is 2.16. The number of nitrogens with zero attached hydrogens (tertiary/aromatic N) is 2. The average Bonchev–Trinajstić information content (AvgIpc) is 2.97. The molecule has 0 atom stereocenters. The van der Waals surface area contributed by atoms with Crippen molar-refractivity contribution < 1.29 is 9.72 Å². The van der Waals surface area contributed by atoms with Gasteiger partial charge in [0.15, 0.2) is 0 Å². The van der Waals surface area contributed by atoms with Crippen LogP contribution in [0.5, 0.6) is 0 Å². The fraction of sp³-hybridized carbons (Fsp3) is 0.0909. The van der Waals surface area contributed by atoms with E-state index in [1.165, 1.54) is 29.5 Å². The van der Waals surface area contributed by atoms with Crippen molar-refractivity contribution >= 4 is 28.6 Å². The largest absolute Gasteiger partial charge is 0.347 e. The standard InChI is InChI=1S/C11H11N5O3S/c12-15-9-3-7(1-2-10(9)16(18)19)11(17)14-5-8-4-13-6-20-8/h1-4,6,15H,5,12H2,(H,14,17). The highest BCUT2D eigenvalue weighted by atomic mass is 32.1. The molecule has 0 aliphatic rings. The van der Waals surface area contributed by atoms with E-state index in [1.807, 2.05) is 0 Å². The smallest absolute Gasteiger partial charge is 0.293 e. The number of nitrogens with two attached hydrogens (primary N) is 1. The Balaban J connectivity index is 2.12. The Morgan fingerprint density at radius 1 is 1.50 bits per heavy atom. The van der Waals surface area contributed by atoms with Crippen molar-refractivity contribution in [3.8, 4) is 0 Å². The van der Waals surface area contributed by atoms with E-state index in [4.69, 9.17) is 5.84 Å². The molecule has 4 N–H and O–H groups in total. The first-order chi connectivity index (χ1) is 9.61. The van der Waals surface area contributed by atoms with Gasteiger partial charge in [-0.3, -0.25) is 25.7 Å². The fourth-order valence-corrected chi connectivity index (χ4v) is 2.09. The first-order valence-corrected chi connectivity index (χ1v) is 6.40. The zero-order valence-electron chi connectivity index (χ0n) is 10.2. The molecule has 1 aromatic carbocycles. The number of thiazole rings is 1. The minimum Gasteiger partial charge on any atom is -0.347 e. The van der Waals surface area contributed by atoms with E-state index >= 15 is 0 Å². The molecule has 2 rings (SSSR count). The Morgan fingerprint density at radius 3 is 2.90 bits per heavy atom. The lowest BCUT2D eigenvalue weighted by molar-refractivity contribution is -0.384. The zero-order valence-corrected chi connectivity index (χ0v) is 11.0. The molecule has 0 aliphatic heterocycles. The molecule has 1 amide bonds. The van der Waals surface area contributed by atoms with Gasteiger partial charge in [-0.25, -0.2) is 0 Å². The van der Waals surface area contributed by atoms with E-state index in [2.05, 4.69) is 15.7 Å². The third kappa shape index (κ3) is 3.08. The lowest BCUT2D eigenvalue weighted by atomic mass is 10.1. The summed E-state index contributed by atoms with van der Waals surface area (Å²) in [5, 5.41) is 13.4. The van der Waals surface area contributed by atoms with Gasteiger partial charge in [0.05, 0.1) is 17.0 Å². The summed E-state index contributed by atoms with van der Waals surface area (Å²) in [6, 6.07) is 3.94. The SMILES string of the molecule is NNc1cc(C(=O)NCc2cncs2)ccc1[N+](=O)[O-]. The van der Waals surface area contributed by atoms with Gasteiger partial charge in [-0.15, -0.1) is 11.3 Å². The first kappa shape index (κ1) is 13.9. The van der Waals surface area contributed by atoms with Crippen LogP contribution in [0.3, 0.4) is 0 Å². The predicted molar refractivity (Wildman–Crippen MR) is 74.2 cm³/mol. The van der Waals surface area contributed by atoms with Crippen LogP contribution in [-0.4, -0.2) is 15.8 Å². The molecule has 0 saturated heterocycles. The van der Waals surface area contributed by atoms with E-state index in [1.54, 1.807) is 11.7 Å². The second kappa shape index (κ2) is 6.08. The normalized spacial score (nSPS) is 10.1. The topological polar surface area (TPSA) is 123 Å². The number of hydrogen-bond donors (Lipinski definition) is 3. The number of nitro benzene ring substituents is 1. The van der Waals surface area contributed by atoms with Crippen molar-refractivity contribution in [1.82, 2.24) is 10.3 Å².